The van der Waals surface area contributed by atoms with Gasteiger partial charge in [-0.25, -0.2) is 4.52 Å². The van der Waals surface area contributed by atoms with Crippen molar-refractivity contribution in [3.8, 4) is 0 Å². The molecule has 6 heteroatoms. The molecule has 1 saturated heterocycles. The number of nitrogens with two attached hydrogens (primary N) is 1. The monoisotopic (exact) mass is 285 g/mol. The predicted molar refractivity (Wildman–Crippen MR) is 80.0 cm³/mol. The number of nitrogens with zero attached hydrogens (tertiary/aromatic N) is 2. The molecule has 21 heavy (non-hydrogen) atoms. The summed E-state index contributed by atoms with van der Waals surface area (Å²) >= 11 is 0. The SMILES string of the molecule is Nc1ccn2ncc(C(=O)NC3(C4CCNC4)CC3)c2c1. The topological polar surface area (TPSA) is 84.5 Å². The molecule has 2 aromatic heterocycles. The fraction of sp³-hybridized carbons (Fsp3) is 0.467. The summed E-state index contributed by atoms with van der Waals surface area (Å²) in [5, 5.41) is 10.8. The smallest absolute Gasteiger partial charge is 0.255 e. The van der Waals surface area contributed by atoms with Crippen molar-refractivity contribution in [2.75, 3.05) is 18.8 Å². The Morgan fingerprint density at radius 3 is 3.10 bits per heavy atom. The third-order valence-electron chi connectivity index (χ3n) is 4.78. The van der Waals surface area contributed by atoms with Crippen LogP contribution in [0, 0.1) is 5.92 Å². The Labute approximate surface area is 122 Å². The van der Waals surface area contributed by atoms with Crippen molar-refractivity contribution in [3.05, 3.63) is 30.1 Å². The molecule has 1 unspecified atom stereocenters. The molecule has 6 nitrogen and oxygen atoms in total. The van der Waals surface area contributed by atoms with Gasteiger partial charge in [0.25, 0.3) is 5.91 Å². The van der Waals surface area contributed by atoms with Crippen LogP contribution in [0.5, 0.6) is 0 Å². The van der Waals surface area contributed by atoms with E-state index in [4.69, 9.17) is 5.73 Å². The van der Waals surface area contributed by atoms with Gasteiger partial charge in [0.2, 0.25) is 0 Å². The Hall–Kier alpha value is -2.08. The average Bonchev–Trinajstić information content (AvgIpc) is 2.94. The molecule has 0 bridgehead atoms. The van der Waals surface area contributed by atoms with Gasteiger partial charge in [-0.3, -0.25) is 4.79 Å². The van der Waals surface area contributed by atoms with Gasteiger partial charge in [-0.05, 0) is 43.9 Å². The summed E-state index contributed by atoms with van der Waals surface area (Å²) in [6.45, 7) is 2.05. The second-order valence-corrected chi connectivity index (χ2v) is 6.15. The maximum absolute atomic E-state index is 12.6. The molecule has 4 N–H and O–H groups in total. The first-order valence-electron chi connectivity index (χ1n) is 7.44. The summed E-state index contributed by atoms with van der Waals surface area (Å²) in [5.41, 5.74) is 7.80. The molecule has 2 fully saturated rings. The van der Waals surface area contributed by atoms with Crippen molar-refractivity contribution in [1.29, 1.82) is 0 Å². The van der Waals surface area contributed by atoms with Crippen molar-refractivity contribution in [3.63, 3.8) is 0 Å². The summed E-state index contributed by atoms with van der Waals surface area (Å²) in [4.78, 5) is 12.6. The number of hydrogen-bond donors (Lipinski definition) is 3. The van der Waals surface area contributed by atoms with Crippen molar-refractivity contribution in [1.82, 2.24) is 20.2 Å². The van der Waals surface area contributed by atoms with Crippen molar-refractivity contribution >= 4 is 17.1 Å². The molecule has 0 radical (unpaired) electrons. The van der Waals surface area contributed by atoms with E-state index in [1.165, 1.54) is 0 Å². The van der Waals surface area contributed by atoms with Gasteiger partial charge < -0.3 is 16.4 Å². The number of fused-ring (bicyclic) bond motifs is 1. The Bertz CT molecular complexity index is 697. The molecule has 0 aromatic carbocycles. The Kier molecular flexibility index (Phi) is 2.68. The van der Waals surface area contributed by atoms with Gasteiger partial charge in [0.1, 0.15) is 0 Å². The predicted octanol–water partition coefficient (Wildman–Crippen LogP) is 0.788. The fourth-order valence-electron chi connectivity index (χ4n) is 3.36. The highest BCUT2D eigenvalue weighted by molar-refractivity contribution is 6.01. The summed E-state index contributed by atoms with van der Waals surface area (Å²) < 4.78 is 1.68. The van der Waals surface area contributed by atoms with E-state index in [2.05, 4.69) is 15.7 Å². The van der Waals surface area contributed by atoms with Gasteiger partial charge in [-0.2, -0.15) is 5.10 Å². The first-order valence-corrected chi connectivity index (χ1v) is 7.44. The number of anilines is 1. The van der Waals surface area contributed by atoms with Crippen molar-refractivity contribution in [2.45, 2.75) is 24.8 Å². The lowest BCUT2D eigenvalue weighted by Gasteiger charge is -2.23. The van der Waals surface area contributed by atoms with E-state index < -0.39 is 0 Å². The van der Waals surface area contributed by atoms with Crippen LogP contribution in [-0.2, 0) is 0 Å². The molecule has 0 spiro atoms. The number of amides is 1. The maximum atomic E-state index is 12.6. The van der Waals surface area contributed by atoms with E-state index in [-0.39, 0.29) is 11.4 Å². The standard InChI is InChI=1S/C15H19N5O/c16-11-2-6-20-13(7-11)12(9-18-20)14(21)19-15(3-4-15)10-1-5-17-8-10/h2,6-7,9-10,17H,1,3-5,8,16H2,(H,19,21). The van der Waals surface area contributed by atoms with Crippen molar-refractivity contribution < 1.29 is 4.79 Å². The summed E-state index contributed by atoms with van der Waals surface area (Å²) in [6, 6.07) is 3.56. The molecule has 4 rings (SSSR count). The van der Waals surface area contributed by atoms with E-state index in [0.717, 1.165) is 37.9 Å². The van der Waals surface area contributed by atoms with Crippen LogP contribution in [0.25, 0.3) is 5.52 Å². The lowest BCUT2D eigenvalue weighted by atomic mass is 9.96. The largest absolute Gasteiger partial charge is 0.399 e. The Balaban J connectivity index is 1.60. The van der Waals surface area contributed by atoms with E-state index >= 15 is 0 Å². The molecule has 1 atom stereocenters. The van der Waals surface area contributed by atoms with Gasteiger partial charge in [0.05, 0.1) is 17.3 Å². The molecule has 3 heterocycles. The minimum absolute atomic E-state index is 0.00479. The molecular weight excluding hydrogens is 266 g/mol. The fourth-order valence-corrected chi connectivity index (χ4v) is 3.36. The number of pyridine rings is 1. The number of aromatic nitrogens is 2. The van der Waals surface area contributed by atoms with Crippen LogP contribution < -0.4 is 16.4 Å². The van der Waals surface area contributed by atoms with Gasteiger partial charge >= 0.3 is 0 Å². The van der Waals surface area contributed by atoms with Gasteiger partial charge in [-0.15, -0.1) is 0 Å². The second-order valence-electron chi connectivity index (χ2n) is 6.15. The minimum atomic E-state index is -0.0417. The van der Waals surface area contributed by atoms with Gasteiger partial charge in [-0.1, -0.05) is 0 Å². The van der Waals surface area contributed by atoms with Crippen LogP contribution >= 0.6 is 0 Å². The number of carbonyl (C=O) groups is 1. The quantitative estimate of drug-likeness (QED) is 0.778. The first-order chi connectivity index (χ1) is 10.2. The van der Waals surface area contributed by atoms with Crippen LogP contribution in [0.15, 0.2) is 24.5 Å². The van der Waals surface area contributed by atoms with E-state index in [1.54, 1.807) is 29.0 Å². The number of nitrogen functional groups attached to an aromatic ring is 1. The number of carbonyl (C=O) groups excluding carboxylic acids is 1. The van der Waals surface area contributed by atoms with E-state index in [1.807, 2.05) is 0 Å². The molecule has 1 aliphatic heterocycles. The summed E-state index contributed by atoms with van der Waals surface area (Å²) in [6.07, 6.45) is 6.68. The van der Waals surface area contributed by atoms with Crippen LogP contribution in [-0.4, -0.2) is 34.1 Å². The normalized spacial score (nSPS) is 23.3. The third kappa shape index (κ3) is 2.06. The van der Waals surface area contributed by atoms with Crippen LogP contribution in [0.1, 0.15) is 29.6 Å². The lowest BCUT2D eigenvalue weighted by molar-refractivity contribution is 0.0917. The maximum Gasteiger partial charge on any atom is 0.255 e. The van der Waals surface area contributed by atoms with Crippen LogP contribution in [0.2, 0.25) is 0 Å². The van der Waals surface area contributed by atoms with Crippen molar-refractivity contribution in [2.24, 2.45) is 5.92 Å². The van der Waals surface area contributed by atoms with Gasteiger partial charge in [0, 0.05) is 24.0 Å². The Morgan fingerprint density at radius 1 is 1.52 bits per heavy atom. The molecule has 1 saturated carbocycles. The zero-order valence-electron chi connectivity index (χ0n) is 11.8. The van der Waals surface area contributed by atoms with Crippen LogP contribution in [0.4, 0.5) is 5.69 Å². The molecule has 2 aliphatic rings. The lowest BCUT2D eigenvalue weighted by Crippen LogP contribution is -2.43. The third-order valence-corrected chi connectivity index (χ3v) is 4.78. The highest BCUT2D eigenvalue weighted by Crippen LogP contribution is 2.45. The zero-order chi connectivity index (χ0) is 14.4. The summed E-state index contributed by atoms with van der Waals surface area (Å²) in [7, 11) is 0. The first kappa shape index (κ1) is 12.6. The minimum Gasteiger partial charge on any atom is -0.399 e. The number of hydrogen-bond acceptors (Lipinski definition) is 4. The van der Waals surface area contributed by atoms with E-state index in [9.17, 15) is 4.79 Å². The Morgan fingerprint density at radius 2 is 2.38 bits per heavy atom. The number of rotatable bonds is 3. The summed E-state index contributed by atoms with van der Waals surface area (Å²) in [5.74, 6) is 0.508. The molecule has 2 aromatic rings. The average molecular weight is 285 g/mol. The zero-order valence-corrected chi connectivity index (χ0v) is 11.8. The second kappa shape index (κ2) is 4.46. The highest BCUT2D eigenvalue weighted by atomic mass is 16.2. The van der Waals surface area contributed by atoms with E-state index in [0.29, 0.717) is 17.2 Å². The number of nitrogens with one attached hydrogen (secondary N) is 2. The van der Waals surface area contributed by atoms with Gasteiger partial charge in [0.15, 0.2) is 0 Å². The molecular formula is C15H19N5O. The molecule has 110 valence electrons. The highest BCUT2D eigenvalue weighted by Gasteiger charge is 2.51. The van der Waals surface area contributed by atoms with Crippen LogP contribution in [0.3, 0.4) is 0 Å². The molecule has 1 aliphatic carbocycles. The molecule has 1 amide bonds.